The fraction of sp³-hybridized carbons (Fsp3) is 0.636. The highest BCUT2D eigenvalue weighted by molar-refractivity contribution is 5.03. The minimum absolute atomic E-state index is 0.454. The van der Waals surface area contributed by atoms with Crippen LogP contribution in [0.3, 0.4) is 0 Å². The summed E-state index contributed by atoms with van der Waals surface area (Å²) in [7, 11) is 0. The summed E-state index contributed by atoms with van der Waals surface area (Å²) in [5.41, 5.74) is 0. The molecule has 2 heteroatoms. The summed E-state index contributed by atoms with van der Waals surface area (Å²) in [4.78, 5) is 2.50. The summed E-state index contributed by atoms with van der Waals surface area (Å²) in [5, 5.41) is 0. The van der Waals surface area contributed by atoms with E-state index in [9.17, 15) is 0 Å². The first-order valence-electron chi connectivity index (χ1n) is 5.15. The highest BCUT2D eigenvalue weighted by atomic mass is 16.3. The lowest BCUT2D eigenvalue weighted by Gasteiger charge is -2.30. The molecule has 2 nitrogen and oxygen atoms in total. The van der Waals surface area contributed by atoms with E-state index in [2.05, 4.69) is 17.9 Å². The first kappa shape index (κ1) is 8.82. The quantitative estimate of drug-likeness (QED) is 0.694. The molecule has 0 saturated carbocycles. The molecule has 72 valence electrons. The SMILES string of the molecule is CC(c1ccco1)N1CCCCC1. The third kappa shape index (κ3) is 1.94. The number of furan rings is 1. The first-order chi connectivity index (χ1) is 6.38. The van der Waals surface area contributed by atoms with Crippen LogP contribution < -0.4 is 0 Å². The van der Waals surface area contributed by atoms with Gasteiger partial charge in [-0.05, 0) is 45.0 Å². The molecule has 2 heterocycles. The van der Waals surface area contributed by atoms with E-state index in [4.69, 9.17) is 4.42 Å². The van der Waals surface area contributed by atoms with Crippen LogP contribution in [0.4, 0.5) is 0 Å². The van der Waals surface area contributed by atoms with Crippen LogP contribution in [0.2, 0.25) is 0 Å². The zero-order valence-corrected chi connectivity index (χ0v) is 8.20. The van der Waals surface area contributed by atoms with Crippen molar-refractivity contribution in [3.63, 3.8) is 0 Å². The van der Waals surface area contributed by atoms with E-state index in [1.807, 2.05) is 6.07 Å². The number of hydrogen-bond donors (Lipinski definition) is 0. The van der Waals surface area contributed by atoms with Gasteiger partial charge in [-0.15, -0.1) is 0 Å². The van der Waals surface area contributed by atoms with Gasteiger partial charge in [0, 0.05) is 0 Å². The van der Waals surface area contributed by atoms with Gasteiger partial charge in [0.05, 0.1) is 12.3 Å². The lowest BCUT2D eigenvalue weighted by atomic mass is 10.1. The topological polar surface area (TPSA) is 16.4 Å². The maximum absolute atomic E-state index is 5.41. The van der Waals surface area contributed by atoms with Crippen molar-refractivity contribution in [2.45, 2.75) is 32.2 Å². The van der Waals surface area contributed by atoms with Crippen molar-refractivity contribution >= 4 is 0 Å². The molecule has 2 rings (SSSR count). The van der Waals surface area contributed by atoms with E-state index in [0.717, 1.165) is 5.76 Å². The molecule has 0 aromatic carbocycles. The molecule has 0 N–H and O–H groups in total. The van der Waals surface area contributed by atoms with Crippen molar-refractivity contribution in [1.82, 2.24) is 4.90 Å². The molecule has 1 aromatic heterocycles. The average Bonchev–Trinajstić information content (AvgIpc) is 2.71. The van der Waals surface area contributed by atoms with Crippen LogP contribution in [0.15, 0.2) is 22.8 Å². The Kier molecular flexibility index (Phi) is 2.69. The predicted molar refractivity (Wildman–Crippen MR) is 52.5 cm³/mol. The fourth-order valence-corrected chi connectivity index (χ4v) is 2.01. The first-order valence-corrected chi connectivity index (χ1v) is 5.15. The molecular weight excluding hydrogens is 162 g/mol. The largest absolute Gasteiger partial charge is 0.468 e. The molecule has 1 aromatic rings. The molecular formula is C11H17NO. The van der Waals surface area contributed by atoms with Gasteiger partial charge in [-0.3, -0.25) is 4.90 Å². The molecule has 1 aliphatic heterocycles. The summed E-state index contributed by atoms with van der Waals surface area (Å²) in [6.07, 6.45) is 5.83. The van der Waals surface area contributed by atoms with Crippen LogP contribution >= 0.6 is 0 Å². The van der Waals surface area contributed by atoms with E-state index in [-0.39, 0.29) is 0 Å². The normalized spacial score (nSPS) is 21.6. The second-order valence-corrected chi connectivity index (χ2v) is 3.79. The van der Waals surface area contributed by atoms with Gasteiger partial charge >= 0.3 is 0 Å². The molecule has 1 unspecified atom stereocenters. The van der Waals surface area contributed by atoms with Crippen molar-refractivity contribution in [3.8, 4) is 0 Å². The van der Waals surface area contributed by atoms with Gasteiger partial charge in [0.25, 0.3) is 0 Å². The van der Waals surface area contributed by atoms with Crippen LogP contribution in [0.5, 0.6) is 0 Å². The number of nitrogens with zero attached hydrogens (tertiary/aromatic N) is 1. The van der Waals surface area contributed by atoms with Crippen LogP contribution in [-0.2, 0) is 0 Å². The monoisotopic (exact) mass is 179 g/mol. The minimum Gasteiger partial charge on any atom is -0.468 e. The summed E-state index contributed by atoms with van der Waals surface area (Å²) >= 11 is 0. The Hall–Kier alpha value is -0.760. The van der Waals surface area contributed by atoms with E-state index in [0.29, 0.717) is 6.04 Å². The van der Waals surface area contributed by atoms with E-state index in [1.54, 1.807) is 6.26 Å². The van der Waals surface area contributed by atoms with Crippen LogP contribution in [0.1, 0.15) is 38.0 Å². The van der Waals surface area contributed by atoms with E-state index >= 15 is 0 Å². The summed E-state index contributed by atoms with van der Waals surface area (Å²) in [6.45, 7) is 4.67. The van der Waals surface area contributed by atoms with Gasteiger partial charge in [-0.25, -0.2) is 0 Å². The van der Waals surface area contributed by atoms with Crippen LogP contribution in [-0.4, -0.2) is 18.0 Å². The third-order valence-electron chi connectivity index (χ3n) is 2.89. The number of likely N-dealkylation sites (tertiary alicyclic amines) is 1. The number of rotatable bonds is 2. The minimum atomic E-state index is 0.454. The Morgan fingerprint density at radius 1 is 1.31 bits per heavy atom. The lowest BCUT2D eigenvalue weighted by molar-refractivity contribution is 0.157. The van der Waals surface area contributed by atoms with Gasteiger partial charge in [-0.2, -0.15) is 0 Å². The van der Waals surface area contributed by atoms with Crippen molar-refractivity contribution in [2.24, 2.45) is 0 Å². The zero-order valence-electron chi connectivity index (χ0n) is 8.20. The standard InChI is InChI=1S/C11H17NO/c1-10(11-6-5-9-13-11)12-7-3-2-4-8-12/h5-6,9-10H,2-4,7-8H2,1H3. The average molecular weight is 179 g/mol. The smallest absolute Gasteiger partial charge is 0.120 e. The molecule has 1 atom stereocenters. The Balaban J connectivity index is 1.99. The van der Waals surface area contributed by atoms with E-state index in [1.165, 1.54) is 32.4 Å². The molecule has 0 spiro atoms. The third-order valence-corrected chi connectivity index (χ3v) is 2.89. The second-order valence-electron chi connectivity index (χ2n) is 3.79. The summed E-state index contributed by atoms with van der Waals surface area (Å²) < 4.78 is 5.41. The molecule has 0 aliphatic carbocycles. The Morgan fingerprint density at radius 2 is 2.08 bits per heavy atom. The number of hydrogen-bond acceptors (Lipinski definition) is 2. The van der Waals surface area contributed by atoms with E-state index < -0.39 is 0 Å². The van der Waals surface area contributed by atoms with Gasteiger partial charge < -0.3 is 4.42 Å². The zero-order chi connectivity index (χ0) is 9.10. The van der Waals surface area contributed by atoms with Gasteiger partial charge in [0.2, 0.25) is 0 Å². The Labute approximate surface area is 79.5 Å². The highest BCUT2D eigenvalue weighted by Gasteiger charge is 2.19. The maximum Gasteiger partial charge on any atom is 0.120 e. The Bertz CT molecular complexity index is 237. The van der Waals surface area contributed by atoms with Crippen molar-refractivity contribution in [3.05, 3.63) is 24.2 Å². The molecule has 0 amide bonds. The van der Waals surface area contributed by atoms with Crippen molar-refractivity contribution < 1.29 is 4.42 Å². The molecule has 0 bridgehead atoms. The maximum atomic E-state index is 5.41. The van der Waals surface area contributed by atoms with Gasteiger partial charge in [0.1, 0.15) is 5.76 Å². The highest BCUT2D eigenvalue weighted by Crippen LogP contribution is 2.23. The molecule has 1 aliphatic rings. The second kappa shape index (κ2) is 3.97. The summed E-state index contributed by atoms with van der Waals surface area (Å²) in [5.74, 6) is 1.10. The summed E-state index contributed by atoms with van der Waals surface area (Å²) in [6, 6.07) is 4.49. The Morgan fingerprint density at radius 3 is 2.69 bits per heavy atom. The molecule has 0 radical (unpaired) electrons. The van der Waals surface area contributed by atoms with Crippen molar-refractivity contribution in [1.29, 1.82) is 0 Å². The van der Waals surface area contributed by atoms with Crippen LogP contribution in [0.25, 0.3) is 0 Å². The predicted octanol–water partition coefficient (Wildman–Crippen LogP) is 2.83. The van der Waals surface area contributed by atoms with Crippen molar-refractivity contribution in [2.75, 3.05) is 13.1 Å². The van der Waals surface area contributed by atoms with Crippen LogP contribution in [0, 0.1) is 0 Å². The van der Waals surface area contributed by atoms with Gasteiger partial charge in [0.15, 0.2) is 0 Å². The number of piperidine rings is 1. The molecule has 1 fully saturated rings. The molecule has 13 heavy (non-hydrogen) atoms. The fourth-order valence-electron chi connectivity index (χ4n) is 2.01. The molecule has 1 saturated heterocycles. The lowest BCUT2D eigenvalue weighted by Crippen LogP contribution is -2.32. The van der Waals surface area contributed by atoms with Gasteiger partial charge in [-0.1, -0.05) is 6.42 Å².